The van der Waals surface area contributed by atoms with E-state index in [2.05, 4.69) is 0 Å². The third-order valence-electron chi connectivity index (χ3n) is 2.78. The number of hydrogen-bond acceptors (Lipinski definition) is 3. The Morgan fingerprint density at radius 2 is 2.10 bits per heavy atom. The average Bonchev–Trinajstić information content (AvgIpc) is 2.41. The van der Waals surface area contributed by atoms with Crippen LogP contribution in [0.25, 0.3) is 0 Å². The van der Waals surface area contributed by atoms with Gasteiger partial charge in [-0.15, -0.1) is 0 Å². The molecule has 1 aromatic rings. The predicted molar refractivity (Wildman–Crippen MR) is 83.8 cm³/mol. The molecule has 0 radical (unpaired) electrons. The third-order valence-corrected chi connectivity index (χ3v) is 4.07. The molecule has 112 valence electrons. The van der Waals surface area contributed by atoms with Gasteiger partial charge in [0.1, 0.15) is 0 Å². The molecule has 0 saturated heterocycles. The van der Waals surface area contributed by atoms with Gasteiger partial charge in [-0.25, -0.2) is 4.79 Å². The fourth-order valence-corrected chi connectivity index (χ4v) is 2.80. The maximum absolute atomic E-state index is 11.2. The first-order valence-electron chi connectivity index (χ1n) is 6.54. The van der Waals surface area contributed by atoms with Crippen LogP contribution in [0.15, 0.2) is 24.3 Å². The van der Waals surface area contributed by atoms with Crippen molar-refractivity contribution < 1.29 is 15.0 Å². The largest absolute Gasteiger partial charge is 0.465 e. The number of carboxylic acid groups (broad SMARTS) is 1. The summed E-state index contributed by atoms with van der Waals surface area (Å²) >= 11 is 7.56. The summed E-state index contributed by atoms with van der Waals surface area (Å²) in [5, 5.41) is 18.5. The highest BCUT2D eigenvalue weighted by molar-refractivity contribution is 7.99. The van der Waals surface area contributed by atoms with E-state index in [0.29, 0.717) is 24.5 Å². The minimum absolute atomic E-state index is 0.185. The monoisotopic (exact) mass is 317 g/mol. The highest BCUT2D eigenvalue weighted by Gasteiger charge is 2.11. The lowest BCUT2D eigenvalue weighted by atomic mass is 10.1. The fourth-order valence-electron chi connectivity index (χ4n) is 1.70. The van der Waals surface area contributed by atoms with Gasteiger partial charge in [-0.3, -0.25) is 0 Å². The number of thioether (sulfide) groups is 1. The molecule has 0 spiro atoms. The molecule has 0 heterocycles. The molecule has 0 bridgehead atoms. The van der Waals surface area contributed by atoms with Crippen LogP contribution in [0.2, 0.25) is 5.02 Å². The second-order valence-electron chi connectivity index (χ2n) is 4.34. The molecule has 0 aliphatic carbocycles. The molecule has 0 unspecified atom stereocenters. The van der Waals surface area contributed by atoms with E-state index < -0.39 is 6.09 Å². The van der Waals surface area contributed by atoms with Crippen molar-refractivity contribution in [1.29, 1.82) is 0 Å². The molecule has 0 aliphatic heterocycles. The number of nitrogens with zero attached hydrogens (tertiary/aromatic N) is 1. The van der Waals surface area contributed by atoms with Crippen molar-refractivity contribution in [3.05, 3.63) is 34.9 Å². The van der Waals surface area contributed by atoms with Crippen LogP contribution in [0, 0.1) is 0 Å². The molecule has 6 heteroatoms. The van der Waals surface area contributed by atoms with Crippen LogP contribution in [0.5, 0.6) is 0 Å². The number of hydrogen-bond donors (Lipinski definition) is 2. The van der Waals surface area contributed by atoms with Crippen LogP contribution in [0.4, 0.5) is 4.79 Å². The molecule has 1 aromatic carbocycles. The SMILES string of the molecule is O=C(O)N(CCSCCCO)CCc1cccc(Cl)c1. The molecular formula is C14H20ClNO3S. The lowest BCUT2D eigenvalue weighted by molar-refractivity contribution is 0.148. The first-order valence-corrected chi connectivity index (χ1v) is 8.07. The van der Waals surface area contributed by atoms with Crippen molar-refractivity contribution in [2.45, 2.75) is 12.8 Å². The summed E-state index contributed by atoms with van der Waals surface area (Å²) in [4.78, 5) is 12.6. The van der Waals surface area contributed by atoms with Crippen LogP contribution < -0.4 is 0 Å². The Balaban J connectivity index is 2.33. The summed E-state index contributed by atoms with van der Waals surface area (Å²) in [7, 11) is 0. The number of halogens is 1. The zero-order chi connectivity index (χ0) is 14.8. The predicted octanol–water partition coefficient (Wildman–Crippen LogP) is 2.98. The lowest BCUT2D eigenvalue weighted by Crippen LogP contribution is -2.33. The molecule has 20 heavy (non-hydrogen) atoms. The summed E-state index contributed by atoms with van der Waals surface area (Å²) < 4.78 is 0. The molecule has 0 aliphatic rings. The molecule has 0 aromatic heterocycles. The average molecular weight is 318 g/mol. The number of aliphatic hydroxyl groups is 1. The van der Waals surface area contributed by atoms with E-state index in [4.69, 9.17) is 21.8 Å². The van der Waals surface area contributed by atoms with Gasteiger partial charge in [0.15, 0.2) is 0 Å². The standard InChI is InChI=1S/C14H20ClNO3S/c15-13-4-1-3-12(11-13)5-6-16(14(18)19)7-10-20-9-2-8-17/h1,3-4,11,17H,2,5-10H2,(H,18,19). The van der Waals surface area contributed by atoms with Crippen LogP contribution in [-0.2, 0) is 6.42 Å². The van der Waals surface area contributed by atoms with E-state index in [-0.39, 0.29) is 6.61 Å². The zero-order valence-electron chi connectivity index (χ0n) is 11.3. The maximum atomic E-state index is 11.2. The highest BCUT2D eigenvalue weighted by Crippen LogP contribution is 2.12. The molecule has 2 N–H and O–H groups in total. The van der Waals surface area contributed by atoms with E-state index in [9.17, 15) is 4.79 Å². The summed E-state index contributed by atoms with van der Waals surface area (Å²) in [5.41, 5.74) is 1.04. The quantitative estimate of drug-likeness (QED) is 0.687. The Labute approximate surface area is 128 Å². The summed E-state index contributed by atoms with van der Waals surface area (Å²) in [6.07, 6.45) is 0.517. The normalized spacial score (nSPS) is 10.5. The van der Waals surface area contributed by atoms with Crippen molar-refractivity contribution >= 4 is 29.5 Å². The summed E-state index contributed by atoms with van der Waals surface area (Å²) in [5.74, 6) is 1.61. The van der Waals surface area contributed by atoms with Crippen molar-refractivity contribution in [2.24, 2.45) is 0 Å². The van der Waals surface area contributed by atoms with Gasteiger partial charge in [0.25, 0.3) is 0 Å². The molecule has 1 rings (SSSR count). The number of rotatable bonds is 9. The number of benzene rings is 1. The van der Waals surface area contributed by atoms with Crippen molar-refractivity contribution in [3.63, 3.8) is 0 Å². The second kappa shape index (κ2) is 9.91. The van der Waals surface area contributed by atoms with E-state index in [1.54, 1.807) is 17.8 Å². The second-order valence-corrected chi connectivity index (χ2v) is 6.00. The zero-order valence-corrected chi connectivity index (χ0v) is 12.9. The summed E-state index contributed by atoms with van der Waals surface area (Å²) in [6.45, 7) is 1.16. The van der Waals surface area contributed by atoms with Crippen molar-refractivity contribution in [2.75, 3.05) is 31.2 Å². The number of aliphatic hydroxyl groups excluding tert-OH is 1. The van der Waals surface area contributed by atoms with Gasteiger partial charge in [0.05, 0.1) is 0 Å². The van der Waals surface area contributed by atoms with Crippen LogP contribution in [0.3, 0.4) is 0 Å². The van der Waals surface area contributed by atoms with Crippen LogP contribution in [-0.4, -0.2) is 52.4 Å². The Morgan fingerprint density at radius 1 is 1.30 bits per heavy atom. The van der Waals surface area contributed by atoms with Gasteiger partial charge >= 0.3 is 6.09 Å². The minimum Gasteiger partial charge on any atom is -0.465 e. The molecule has 0 fully saturated rings. The highest BCUT2D eigenvalue weighted by atomic mass is 35.5. The Bertz CT molecular complexity index is 417. The molecule has 0 atom stereocenters. The van der Waals surface area contributed by atoms with Crippen LogP contribution in [0.1, 0.15) is 12.0 Å². The van der Waals surface area contributed by atoms with Crippen LogP contribution >= 0.6 is 23.4 Å². The molecule has 0 saturated carbocycles. The summed E-state index contributed by atoms with van der Waals surface area (Å²) in [6, 6.07) is 7.48. The van der Waals surface area contributed by atoms with Gasteiger partial charge in [0, 0.05) is 30.5 Å². The third kappa shape index (κ3) is 7.03. The van der Waals surface area contributed by atoms with E-state index in [0.717, 1.165) is 23.5 Å². The van der Waals surface area contributed by atoms with Gasteiger partial charge in [-0.2, -0.15) is 11.8 Å². The van der Waals surface area contributed by atoms with E-state index in [1.807, 2.05) is 18.2 Å². The number of carbonyl (C=O) groups is 1. The van der Waals surface area contributed by atoms with Gasteiger partial charge < -0.3 is 15.1 Å². The van der Waals surface area contributed by atoms with Gasteiger partial charge in [-0.05, 0) is 36.3 Å². The molecule has 1 amide bonds. The first kappa shape index (κ1) is 17.1. The minimum atomic E-state index is -0.894. The Hall–Kier alpha value is -0.910. The maximum Gasteiger partial charge on any atom is 0.407 e. The fraction of sp³-hybridized carbons (Fsp3) is 0.500. The first-order chi connectivity index (χ1) is 9.63. The van der Waals surface area contributed by atoms with Crippen molar-refractivity contribution in [3.8, 4) is 0 Å². The van der Waals surface area contributed by atoms with Gasteiger partial charge in [0.2, 0.25) is 0 Å². The topological polar surface area (TPSA) is 60.8 Å². The number of amides is 1. The van der Waals surface area contributed by atoms with E-state index >= 15 is 0 Å². The Morgan fingerprint density at radius 3 is 2.75 bits per heavy atom. The smallest absolute Gasteiger partial charge is 0.407 e. The molecule has 4 nitrogen and oxygen atoms in total. The lowest BCUT2D eigenvalue weighted by Gasteiger charge is -2.19. The Kier molecular flexibility index (Phi) is 8.49. The van der Waals surface area contributed by atoms with Gasteiger partial charge in [-0.1, -0.05) is 23.7 Å². The van der Waals surface area contributed by atoms with Crippen molar-refractivity contribution in [1.82, 2.24) is 4.90 Å². The van der Waals surface area contributed by atoms with E-state index in [1.165, 1.54) is 4.90 Å². The molecular weight excluding hydrogens is 298 g/mol.